The van der Waals surface area contributed by atoms with Crippen LogP contribution in [0.15, 0.2) is 0 Å². The van der Waals surface area contributed by atoms with E-state index in [0.717, 1.165) is 12.8 Å². The van der Waals surface area contributed by atoms with Gasteiger partial charge in [-0.1, -0.05) is 0 Å². The number of alkyl halides is 3. The van der Waals surface area contributed by atoms with Crippen molar-refractivity contribution >= 4 is 11.9 Å². The van der Waals surface area contributed by atoms with Gasteiger partial charge in [0.1, 0.15) is 6.04 Å². The summed E-state index contributed by atoms with van der Waals surface area (Å²) in [6.07, 6.45) is -2.77. The molecule has 23 heavy (non-hydrogen) atoms. The standard InChI is InChI=1S/C11H14N4O.C2HF3O2/c12-5-7-4-9(7)10(14)11(16)15-3-1-2-8(15)6-13;3-2(4,5)1(6)7/h7-10H,1-4,14H2;(H,6,7)/t7-,8+,9-,10+;/m1./s1. The zero-order chi connectivity index (χ0) is 17.8. The monoisotopic (exact) mass is 332 g/mol. The zero-order valence-corrected chi connectivity index (χ0v) is 12.0. The smallest absolute Gasteiger partial charge is 0.475 e. The minimum atomic E-state index is -5.08. The molecular formula is C13H15F3N4O3. The summed E-state index contributed by atoms with van der Waals surface area (Å²) in [5, 5.41) is 24.7. The Morgan fingerprint density at radius 1 is 1.30 bits per heavy atom. The van der Waals surface area contributed by atoms with Crippen molar-refractivity contribution in [3.63, 3.8) is 0 Å². The summed E-state index contributed by atoms with van der Waals surface area (Å²) in [6.45, 7) is 0.620. The molecule has 0 spiro atoms. The highest BCUT2D eigenvalue weighted by Crippen LogP contribution is 2.40. The number of nitriles is 2. The molecule has 4 atom stereocenters. The maximum atomic E-state index is 12.0. The van der Waals surface area contributed by atoms with Crippen LogP contribution in [0.2, 0.25) is 0 Å². The maximum absolute atomic E-state index is 12.0. The highest BCUT2D eigenvalue weighted by molar-refractivity contribution is 5.83. The molecule has 0 unspecified atom stereocenters. The van der Waals surface area contributed by atoms with E-state index in [0.29, 0.717) is 13.0 Å². The molecule has 0 aromatic rings. The Morgan fingerprint density at radius 2 is 1.87 bits per heavy atom. The Hall–Kier alpha value is -2.33. The van der Waals surface area contributed by atoms with E-state index in [-0.39, 0.29) is 23.8 Å². The molecule has 10 heteroatoms. The van der Waals surface area contributed by atoms with Gasteiger partial charge in [-0.3, -0.25) is 4.79 Å². The Bertz CT molecular complexity index is 552. The van der Waals surface area contributed by atoms with Crippen LogP contribution < -0.4 is 5.73 Å². The number of rotatable bonds is 2. The molecule has 2 rings (SSSR count). The Balaban J connectivity index is 0.000000322. The maximum Gasteiger partial charge on any atom is 0.490 e. The second kappa shape index (κ2) is 7.29. The van der Waals surface area contributed by atoms with E-state index < -0.39 is 18.2 Å². The molecule has 1 aliphatic carbocycles. The van der Waals surface area contributed by atoms with Crippen LogP contribution in [-0.2, 0) is 9.59 Å². The van der Waals surface area contributed by atoms with Crippen LogP contribution in [0.1, 0.15) is 19.3 Å². The summed E-state index contributed by atoms with van der Waals surface area (Å²) in [7, 11) is 0. The number of nitrogens with zero attached hydrogens (tertiary/aromatic N) is 3. The molecule has 1 amide bonds. The van der Waals surface area contributed by atoms with Gasteiger partial charge in [0.25, 0.3) is 0 Å². The third-order valence-electron chi connectivity index (χ3n) is 3.68. The van der Waals surface area contributed by atoms with Gasteiger partial charge < -0.3 is 15.7 Å². The van der Waals surface area contributed by atoms with Gasteiger partial charge in [0.05, 0.1) is 24.1 Å². The van der Waals surface area contributed by atoms with E-state index >= 15 is 0 Å². The first-order chi connectivity index (χ1) is 10.6. The predicted molar refractivity (Wildman–Crippen MR) is 69.2 cm³/mol. The number of halogens is 3. The van der Waals surface area contributed by atoms with E-state index in [1.165, 1.54) is 0 Å². The molecule has 2 fully saturated rings. The van der Waals surface area contributed by atoms with Gasteiger partial charge in [-0.2, -0.15) is 23.7 Å². The molecule has 1 heterocycles. The number of hydrogen-bond acceptors (Lipinski definition) is 5. The van der Waals surface area contributed by atoms with Gasteiger partial charge in [0.2, 0.25) is 5.91 Å². The molecule has 0 radical (unpaired) electrons. The Labute approximate surface area is 130 Å². The van der Waals surface area contributed by atoms with Crippen LogP contribution in [0.5, 0.6) is 0 Å². The van der Waals surface area contributed by atoms with E-state index in [9.17, 15) is 18.0 Å². The van der Waals surface area contributed by atoms with E-state index in [1.807, 2.05) is 0 Å². The topological polar surface area (TPSA) is 131 Å². The van der Waals surface area contributed by atoms with Crippen molar-refractivity contribution in [2.45, 2.75) is 37.5 Å². The Morgan fingerprint density at radius 3 is 2.26 bits per heavy atom. The number of nitrogens with two attached hydrogens (primary N) is 1. The lowest BCUT2D eigenvalue weighted by molar-refractivity contribution is -0.192. The molecule has 3 N–H and O–H groups in total. The molecule has 0 aromatic carbocycles. The number of aliphatic carboxylic acids is 1. The third kappa shape index (κ3) is 4.83. The minimum absolute atomic E-state index is 0.00237. The van der Waals surface area contributed by atoms with Crippen molar-refractivity contribution in [3.05, 3.63) is 0 Å². The van der Waals surface area contributed by atoms with Crippen LogP contribution in [-0.4, -0.2) is 46.7 Å². The molecule has 1 saturated heterocycles. The number of carboxylic acid groups (broad SMARTS) is 1. The van der Waals surface area contributed by atoms with Gasteiger partial charge in [0.15, 0.2) is 0 Å². The zero-order valence-electron chi connectivity index (χ0n) is 12.0. The lowest BCUT2D eigenvalue weighted by Crippen LogP contribution is -2.47. The average Bonchev–Trinajstić information content (AvgIpc) is 3.12. The normalized spacial score (nSPS) is 27.0. The van der Waals surface area contributed by atoms with Crippen molar-refractivity contribution < 1.29 is 27.9 Å². The van der Waals surface area contributed by atoms with E-state index in [1.54, 1.807) is 4.90 Å². The summed E-state index contributed by atoms with van der Waals surface area (Å²) in [5.74, 6) is -2.99. The molecule has 0 aromatic heterocycles. The van der Waals surface area contributed by atoms with Crippen molar-refractivity contribution in [2.75, 3.05) is 6.54 Å². The first kappa shape index (κ1) is 18.7. The summed E-state index contributed by atoms with van der Waals surface area (Å²) < 4.78 is 31.7. The number of carbonyl (C=O) groups is 2. The lowest BCUT2D eigenvalue weighted by atomic mass is 10.1. The number of hydrogen-bond donors (Lipinski definition) is 2. The fourth-order valence-corrected chi connectivity index (χ4v) is 2.30. The summed E-state index contributed by atoms with van der Waals surface area (Å²) in [4.78, 5) is 22.5. The number of amides is 1. The second-order valence-corrected chi connectivity index (χ2v) is 5.28. The van der Waals surface area contributed by atoms with E-state index in [2.05, 4.69) is 12.1 Å². The highest BCUT2D eigenvalue weighted by atomic mass is 19.4. The van der Waals surface area contributed by atoms with E-state index in [4.69, 9.17) is 26.2 Å². The average molecular weight is 332 g/mol. The fraction of sp³-hybridized carbons (Fsp3) is 0.692. The number of carboxylic acids is 1. The lowest BCUT2D eigenvalue weighted by Gasteiger charge is -2.23. The first-order valence-electron chi connectivity index (χ1n) is 6.78. The third-order valence-corrected chi connectivity index (χ3v) is 3.68. The SMILES string of the molecule is N#C[C@@H]1CCCN1C(=O)[C@@H](N)[C@@H]1C[C@@H]1C#N.O=C(O)C(F)(F)F. The molecule has 1 aliphatic heterocycles. The number of carbonyl (C=O) groups excluding carboxylic acids is 1. The minimum Gasteiger partial charge on any atom is -0.475 e. The summed E-state index contributed by atoms with van der Waals surface area (Å²) >= 11 is 0. The van der Waals surface area contributed by atoms with Crippen molar-refractivity contribution in [1.82, 2.24) is 4.90 Å². The fourth-order valence-electron chi connectivity index (χ4n) is 2.30. The van der Waals surface area contributed by atoms with Gasteiger partial charge in [-0.05, 0) is 19.3 Å². The van der Waals surface area contributed by atoms with Crippen LogP contribution in [0.4, 0.5) is 13.2 Å². The second-order valence-electron chi connectivity index (χ2n) is 5.28. The molecule has 2 aliphatic rings. The van der Waals surface area contributed by atoms with Crippen LogP contribution in [0.3, 0.4) is 0 Å². The summed E-state index contributed by atoms with van der Waals surface area (Å²) in [6, 6.07) is 3.32. The predicted octanol–water partition coefficient (Wildman–Crippen LogP) is 0.621. The molecule has 126 valence electrons. The van der Waals surface area contributed by atoms with Crippen LogP contribution in [0, 0.1) is 34.5 Å². The van der Waals surface area contributed by atoms with Crippen LogP contribution >= 0.6 is 0 Å². The molecule has 7 nitrogen and oxygen atoms in total. The molecule has 1 saturated carbocycles. The van der Waals surface area contributed by atoms with Crippen molar-refractivity contribution in [3.8, 4) is 12.1 Å². The van der Waals surface area contributed by atoms with Crippen molar-refractivity contribution in [2.24, 2.45) is 17.6 Å². The first-order valence-corrected chi connectivity index (χ1v) is 6.78. The largest absolute Gasteiger partial charge is 0.490 e. The molecular weight excluding hydrogens is 317 g/mol. The van der Waals surface area contributed by atoms with Crippen LogP contribution in [0.25, 0.3) is 0 Å². The van der Waals surface area contributed by atoms with Gasteiger partial charge in [0, 0.05) is 12.5 Å². The molecule has 0 bridgehead atoms. The van der Waals surface area contributed by atoms with Crippen molar-refractivity contribution in [1.29, 1.82) is 10.5 Å². The van der Waals surface area contributed by atoms with Gasteiger partial charge in [-0.25, -0.2) is 4.79 Å². The Kier molecular flexibility index (Phi) is 5.93. The highest BCUT2D eigenvalue weighted by Gasteiger charge is 2.47. The quantitative estimate of drug-likeness (QED) is 0.762. The van der Waals surface area contributed by atoms with Gasteiger partial charge in [-0.15, -0.1) is 0 Å². The summed E-state index contributed by atoms with van der Waals surface area (Å²) in [5.41, 5.74) is 5.83. The number of likely N-dealkylation sites (tertiary alicyclic amines) is 1. The van der Waals surface area contributed by atoms with Gasteiger partial charge >= 0.3 is 12.1 Å².